The van der Waals surface area contributed by atoms with Crippen LogP contribution in [0.4, 0.5) is 13.2 Å². The van der Waals surface area contributed by atoms with E-state index in [0.717, 1.165) is 29.9 Å². The Kier molecular flexibility index (Phi) is 5.42. The molecular weight excluding hydrogens is 295 g/mol. The molecule has 0 radical (unpaired) electrons. The molecule has 1 unspecified atom stereocenters. The molecule has 0 amide bonds. The number of nitrogens with one attached hydrogen (secondary N) is 1. The van der Waals surface area contributed by atoms with Crippen molar-refractivity contribution in [2.45, 2.75) is 32.7 Å². The van der Waals surface area contributed by atoms with Gasteiger partial charge < -0.3 is 5.32 Å². The van der Waals surface area contributed by atoms with E-state index in [1.807, 2.05) is 19.1 Å². The highest BCUT2D eigenvalue weighted by atomic mass is 32.1. The summed E-state index contributed by atoms with van der Waals surface area (Å²) in [6.07, 6.45) is 1.81. The molecule has 0 aliphatic heterocycles. The first-order valence-electron chi connectivity index (χ1n) is 7.03. The van der Waals surface area contributed by atoms with Crippen molar-refractivity contribution in [2.24, 2.45) is 0 Å². The number of hydrogen-bond donors (Lipinski definition) is 1. The van der Waals surface area contributed by atoms with Gasteiger partial charge in [0.25, 0.3) is 0 Å². The van der Waals surface area contributed by atoms with Crippen molar-refractivity contribution < 1.29 is 13.2 Å². The van der Waals surface area contributed by atoms with Crippen LogP contribution in [0.5, 0.6) is 0 Å². The van der Waals surface area contributed by atoms with Gasteiger partial charge in [-0.1, -0.05) is 13.8 Å². The Bertz CT molecular complexity index is 586. The molecule has 1 aromatic carbocycles. The van der Waals surface area contributed by atoms with E-state index in [2.05, 4.69) is 12.2 Å². The van der Waals surface area contributed by atoms with Crippen LogP contribution in [-0.4, -0.2) is 6.54 Å². The monoisotopic (exact) mass is 313 g/mol. The van der Waals surface area contributed by atoms with Gasteiger partial charge in [0.2, 0.25) is 0 Å². The minimum atomic E-state index is -1.42. The number of halogens is 3. The summed E-state index contributed by atoms with van der Waals surface area (Å²) >= 11 is 1.60. The molecule has 1 heterocycles. The zero-order valence-electron chi connectivity index (χ0n) is 12.1. The fourth-order valence-corrected chi connectivity index (χ4v) is 3.21. The highest BCUT2D eigenvalue weighted by Gasteiger charge is 2.20. The topological polar surface area (TPSA) is 12.0 Å². The number of rotatable bonds is 6. The molecule has 1 N–H and O–H groups in total. The SMILES string of the molecule is CCCNC(c1cc(F)c(F)c(F)c1)c1ccc(CC)s1. The molecular formula is C16H18F3NS. The Morgan fingerprint density at radius 1 is 1.10 bits per heavy atom. The fraction of sp³-hybridized carbons (Fsp3) is 0.375. The predicted octanol–water partition coefficient (Wildman–Crippen LogP) is 4.82. The van der Waals surface area contributed by atoms with Crippen LogP contribution in [0.15, 0.2) is 24.3 Å². The third kappa shape index (κ3) is 3.66. The lowest BCUT2D eigenvalue weighted by Crippen LogP contribution is -2.22. The Morgan fingerprint density at radius 2 is 1.76 bits per heavy atom. The molecule has 1 nitrogen and oxygen atoms in total. The summed E-state index contributed by atoms with van der Waals surface area (Å²) in [5, 5.41) is 3.27. The minimum Gasteiger partial charge on any atom is -0.306 e. The molecule has 0 spiro atoms. The van der Waals surface area contributed by atoms with Crippen LogP contribution >= 0.6 is 11.3 Å². The summed E-state index contributed by atoms with van der Waals surface area (Å²) in [4.78, 5) is 2.18. The van der Waals surface area contributed by atoms with Crippen LogP contribution in [0.25, 0.3) is 0 Å². The maximum absolute atomic E-state index is 13.5. The van der Waals surface area contributed by atoms with Crippen LogP contribution in [0.3, 0.4) is 0 Å². The lowest BCUT2D eigenvalue weighted by Gasteiger charge is -2.18. The molecule has 1 atom stereocenters. The van der Waals surface area contributed by atoms with Crippen molar-refractivity contribution in [1.29, 1.82) is 0 Å². The van der Waals surface area contributed by atoms with Crippen molar-refractivity contribution >= 4 is 11.3 Å². The second-order valence-corrected chi connectivity index (χ2v) is 6.04. The van der Waals surface area contributed by atoms with Gasteiger partial charge in [-0.05, 0) is 49.2 Å². The maximum Gasteiger partial charge on any atom is 0.194 e. The van der Waals surface area contributed by atoms with Crippen LogP contribution in [0, 0.1) is 17.5 Å². The lowest BCUT2D eigenvalue weighted by molar-refractivity contribution is 0.442. The third-order valence-corrected chi connectivity index (χ3v) is 4.55. The number of benzene rings is 1. The first kappa shape index (κ1) is 16.0. The van der Waals surface area contributed by atoms with Crippen molar-refractivity contribution in [2.75, 3.05) is 6.54 Å². The summed E-state index contributed by atoms with van der Waals surface area (Å²) in [6.45, 7) is 4.79. The molecule has 0 fully saturated rings. The molecule has 114 valence electrons. The Morgan fingerprint density at radius 3 is 2.29 bits per heavy atom. The number of aryl methyl sites for hydroxylation is 1. The molecule has 5 heteroatoms. The Balaban J connectivity index is 2.39. The molecule has 1 aromatic heterocycles. The lowest BCUT2D eigenvalue weighted by atomic mass is 10.0. The number of hydrogen-bond acceptors (Lipinski definition) is 2. The van der Waals surface area contributed by atoms with E-state index in [9.17, 15) is 13.2 Å². The van der Waals surface area contributed by atoms with Crippen LogP contribution in [0.1, 0.15) is 41.6 Å². The van der Waals surface area contributed by atoms with Gasteiger partial charge >= 0.3 is 0 Å². The smallest absolute Gasteiger partial charge is 0.194 e. The van der Waals surface area contributed by atoms with Gasteiger partial charge in [0.1, 0.15) is 0 Å². The molecule has 0 saturated heterocycles. The molecule has 0 aliphatic rings. The molecule has 0 bridgehead atoms. The fourth-order valence-electron chi connectivity index (χ4n) is 2.15. The van der Waals surface area contributed by atoms with Gasteiger partial charge in [-0.15, -0.1) is 11.3 Å². The highest BCUT2D eigenvalue weighted by molar-refractivity contribution is 7.12. The quantitative estimate of drug-likeness (QED) is 0.754. The zero-order chi connectivity index (χ0) is 15.4. The number of thiophene rings is 1. The maximum atomic E-state index is 13.5. The first-order valence-corrected chi connectivity index (χ1v) is 7.84. The molecule has 0 aliphatic carbocycles. The van der Waals surface area contributed by atoms with Crippen molar-refractivity contribution in [3.8, 4) is 0 Å². The molecule has 2 aromatic rings. The van der Waals surface area contributed by atoms with Crippen LogP contribution in [0.2, 0.25) is 0 Å². The van der Waals surface area contributed by atoms with Crippen molar-refractivity contribution in [3.63, 3.8) is 0 Å². The van der Waals surface area contributed by atoms with E-state index in [1.54, 1.807) is 11.3 Å². The van der Waals surface area contributed by atoms with Crippen LogP contribution in [-0.2, 0) is 6.42 Å². The average Bonchev–Trinajstić information content (AvgIpc) is 2.94. The van der Waals surface area contributed by atoms with Gasteiger partial charge in [-0.3, -0.25) is 0 Å². The summed E-state index contributed by atoms with van der Waals surface area (Å²) in [5.41, 5.74) is 0.407. The van der Waals surface area contributed by atoms with Gasteiger partial charge in [0, 0.05) is 9.75 Å². The van der Waals surface area contributed by atoms with E-state index in [-0.39, 0.29) is 6.04 Å². The van der Waals surface area contributed by atoms with Crippen LogP contribution < -0.4 is 5.32 Å². The summed E-state index contributed by atoms with van der Waals surface area (Å²) in [5.74, 6) is -3.73. The zero-order valence-corrected chi connectivity index (χ0v) is 12.9. The van der Waals surface area contributed by atoms with Gasteiger partial charge in [-0.25, -0.2) is 13.2 Å². The van der Waals surface area contributed by atoms with Gasteiger partial charge in [0.15, 0.2) is 17.5 Å². The second-order valence-electron chi connectivity index (χ2n) is 4.84. The van der Waals surface area contributed by atoms with E-state index in [0.29, 0.717) is 12.1 Å². The summed E-state index contributed by atoms with van der Waals surface area (Å²) in [6, 6.07) is 5.78. The largest absolute Gasteiger partial charge is 0.306 e. The Hall–Kier alpha value is -1.33. The Labute approximate surface area is 126 Å². The predicted molar refractivity (Wildman–Crippen MR) is 80.1 cm³/mol. The third-order valence-electron chi connectivity index (χ3n) is 3.25. The minimum absolute atomic E-state index is 0.320. The second kappa shape index (κ2) is 7.09. The van der Waals surface area contributed by atoms with Crippen molar-refractivity contribution in [3.05, 3.63) is 57.0 Å². The van der Waals surface area contributed by atoms with E-state index in [4.69, 9.17) is 0 Å². The average molecular weight is 313 g/mol. The molecule has 21 heavy (non-hydrogen) atoms. The summed E-state index contributed by atoms with van der Waals surface area (Å²) in [7, 11) is 0. The normalized spacial score (nSPS) is 12.6. The van der Waals surface area contributed by atoms with E-state index in [1.165, 1.54) is 4.88 Å². The first-order chi connectivity index (χ1) is 10.1. The molecule has 2 rings (SSSR count). The van der Waals surface area contributed by atoms with Gasteiger partial charge in [-0.2, -0.15) is 0 Å². The molecule has 0 saturated carbocycles. The van der Waals surface area contributed by atoms with Gasteiger partial charge in [0.05, 0.1) is 6.04 Å². The standard InChI is InChI=1S/C16H18F3NS/c1-3-7-20-16(14-6-5-11(4-2)21-14)10-8-12(17)15(19)13(18)9-10/h5-6,8-9,16,20H,3-4,7H2,1-2H3. The highest BCUT2D eigenvalue weighted by Crippen LogP contribution is 2.30. The van der Waals surface area contributed by atoms with E-state index >= 15 is 0 Å². The summed E-state index contributed by atoms with van der Waals surface area (Å²) < 4.78 is 40.1. The van der Waals surface area contributed by atoms with E-state index < -0.39 is 17.5 Å². The van der Waals surface area contributed by atoms with Crippen molar-refractivity contribution in [1.82, 2.24) is 5.32 Å².